The molecule has 96 heavy (non-hydrogen) atoms. The third kappa shape index (κ3) is 10.5. The first-order valence-electron chi connectivity index (χ1n) is 32.1. The van der Waals surface area contributed by atoms with Crippen LogP contribution in [0.1, 0.15) is 199 Å². The van der Waals surface area contributed by atoms with Crippen LogP contribution in [0.2, 0.25) is 0 Å². The molecule has 0 fully saturated rings. The van der Waals surface area contributed by atoms with E-state index in [9.17, 15) is 56.2 Å². The van der Waals surface area contributed by atoms with Crippen molar-refractivity contribution in [2.45, 2.75) is 147 Å². The molecular weight excluding hydrogens is 1230 g/mol. The van der Waals surface area contributed by atoms with E-state index in [-0.39, 0.29) is 130 Å². The molecule has 8 aliphatic heterocycles. The summed E-state index contributed by atoms with van der Waals surface area (Å²) in [7, 11) is 7.70. The molecule has 0 aromatic heterocycles. The average Bonchev–Trinajstić information content (AvgIpc) is 0.753. The lowest BCUT2D eigenvalue weighted by atomic mass is 9.75. The molecule has 0 radical (unpaired) electrons. The van der Waals surface area contributed by atoms with Gasteiger partial charge in [-0.05, 0) is 212 Å². The van der Waals surface area contributed by atoms with Crippen LogP contribution in [0, 0.1) is 27.7 Å². The Labute approximate surface area is 555 Å². The summed E-state index contributed by atoms with van der Waals surface area (Å²) >= 11 is 0. The highest BCUT2D eigenvalue weighted by Crippen LogP contribution is 2.59. The van der Waals surface area contributed by atoms with E-state index in [0.29, 0.717) is 60.9 Å². The Hall–Kier alpha value is -9.60. The van der Waals surface area contributed by atoms with Crippen LogP contribution in [0.15, 0.2) is 72.8 Å². The maximum atomic E-state index is 10.3. The Bertz CT molecular complexity index is 4140. The maximum absolute atomic E-state index is 10.3. The first kappa shape index (κ1) is 65.1. The molecule has 11 N–H and O–H groups in total. The second kappa shape index (κ2) is 24.6. The number of hydrogen-bond donors (Lipinski definition) is 11. The van der Waals surface area contributed by atoms with Gasteiger partial charge >= 0.3 is 0 Å². The molecule has 16 rings (SSSR count). The highest BCUT2D eigenvalue weighted by atomic mass is 16.5. The van der Waals surface area contributed by atoms with Gasteiger partial charge in [-0.25, -0.2) is 0 Å². The summed E-state index contributed by atoms with van der Waals surface area (Å²) in [4.78, 5) is 0. The number of rotatable bonds is 5. The lowest BCUT2D eigenvalue weighted by molar-refractivity contribution is -0.0534. The van der Waals surface area contributed by atoms with E-state index in [0.717, 1.165) is 111 Å². The summed E-state index contributed by atoms with van der Waals surface area (Å²) in [5.41, 5.74) is 19.5. The van der Waals surface area contributed by atoms with Crippen LogP contribution in [0.5, 0.6) is 92.0 Å². The van der Waals surface area contributed by atoms with Crippen LogP contribution in [-0.2, 0) is 51.1 Å². The van der Waals surface area contributed by atoms with E-state index >= 15 is 0 Å². The molecular formula is C76H80O20. The van der Waals surface area contributed by atoms with Crippen molar-refractivity contribution in [1.82, 2.24) is 0 Å². The molecule has 504 valence electrons. The molecule has 11 unspecified atom stereocenters. The number of phenolic OH excluding ortho intramolecular Hbond substituents is 11. The second-order valence-corrected chi connectivity index (χ2v) is 26.2. The summed E-state index contributed by atoms with van der Waals surface area (Å²) in [5.74, 6) is 2.38. The third-order valence-electron chi connectivity index (χ3n) is 21.3. The number of methoxy groups -OCH3 is 5. The van der Waals surface area contributed by atoms with E-state index in [1.54, 1.807) is 56.7 Å². The molecule has 8 aromatic rings. The van der Waals surface area contributed by atoms with Crippen molar-refractivity contribution in [3.8, 4) is 92.0 Å². The molecule has 8 heterocycles. The minimum atomic E-state index is -0.202. The molecule has 20 heteroatoms. The molecule has 8 bridgehead atoms. The highest BCUT2D eigenvalue weighted by molar-refractivity contribution is 5.63. The van der Waals surface area contributed by atoms with Crippen LogP contribution in [0.4, 0.5) is 0 Å². The zero-order valence-corrected chi connectivity index (χ0v) is 55.4. The van der Waals surface area contributed by atoms with Crippen molar-refractivity contribution < 1.29 is 98.8 Å². The number of benzene rings is 8. The Morgan fingerprint density at radius 2 is 0.521 bits per heavy atom. The normalized spacial score (nSPS) is 23.4. The van der Waals surface area contributed by atoms with Gasteiger partial charge in [-0.15, -0.1) is 0 Å². The Morgan fingerprint density at radius 3 is 0.823 bits per heavy atom. The molecule has 0 spiro atoms. The van der Waals surface area contributed by atoms with Gasteiger partial charge in [0.05, 0.1) is 84.4 Å². The predicted molar refractivity (Wildman–Crippen MR) is 352 cm³/mol. The Kier molecular flexibility index (Phi) is 16.6. The molecule has 11 atom stereocenters. The Balaban J connectivity index is 0.000000116. The summed E-state index contributed by atoms with van der Waals surface area (Å²) in [6, 6.07) is 20.7. The molecule has 0 saturated carbocycles. The van der Waals surface area contributed by atoms with Gasteiger partial charge < -0.3 is 98.8 Å². The smallest absolute Gasteiger partial charge is 0.161 e. The van der Waals surface area contributed by atoms with Crippen molar-refractivity contribution in [3.63, 3.8) is 0 Å². The van der Waals surface area contributed by atoms with E-state index in [4.69, 9.17) is 42.6 Å². The van der Waals surface area contributed by atoms with Gasteiger partial charge in [0, 0.05) is 49.9 Å². The number of phenols is 11. The van der Waals surface area contributed by atoms with Crippen LogP contribution in [0.25, 0.3) is 0 Å². The van der Waals surface area contributed by atoms with E-state index < -0.39 is 0 Å². The van der Waals surface area contributed by atoms with Gasteiger partial charge in [-0.2, -0.15) is 0 Å². The fraction of sp³-hybridized carbons (Fsp3) is 0.368. The van der Waals surface area contributed by atoms with Crippen LogP contribution in [-0.4, -0.2) is 91.7 Å². The number of aromatic hydroxyl groups is 11. The second-order valence-electron chi connectivity index (χ2n) is 26.2. The van der Waals surface area contributed by atoms with Crippen molar-refractivity contribution >= 4 is 0 Å². The third-order valence-corrected chi connectivity index (χ3v) is 21.3. The van der Waals surface area contributed by atoms with E-state index in [2.05, 4.69) is 0 Å². The van der Waals surface area contributed by atoms with Crippen LogP contribution in [0.3, 0.4) is 0 Å². The van der Waals surface area contributed by atoms with E-state index in [1.165, 1.54) is 21.3 Å². The number of ether oxygens (including phenoxy) is 9. The molecule has 0 amide bonds. The van der Waals surface area contributed by atoms with Crippen molar-refractivity contribution in [3.05, 3.63) is 184 Å². The first-order valence-corrected chi connectivity index (χ1v) is 32.1. The topological polar surface area (TPSA) is 306 Å². The molecule has 8 aromatic carbocycles. The Morgan fingerprint density at radius 1 is 0.271 bits per heavy atom. The highest BCUT2D eigenvalue weighted by Gasteiger charge is 2.45. The monoisotopic (exact) mass is 1310 g/mol. The fourth-order valence-electron chi connectivity index (χ4n) is 15.9. The molecule has 0 aliphatic carbocycles. The number of hydrogen-bond acceptors (Lipinski definition) is 20. The van der Waals surface area contributed by atoms with Gasteiger partial charge in [-0.3, -0.25) is 0 Å². The zero-order valence-electron chi connectivity index (χ0n) is 55.4. The van der Waals surface area contributed by atoms with Gasteiger partial charge in [-0.1, -0.05) is 20.8 Å². The predicted octanol–water partition coefficient (Wildman–Crippen LogP) is 14.1. The zero-order chi connectivity index (χ0) is 68.5. The van der Waals surface area contributed by atoms with Crippen molar-refractivity contribution in [2.24, 2.45) is 0 Å². The van der Waals surface area contributed by atoms with Crippen molar-refractivity contribution in [2.75, 3.05) is 35.5 Å². The SMILES string of the molecule is COc1cc2c(c(C)c1O)CC1OC2C(C)c2cc(O)c(O)cc21.COc1cc2c(c(C)c1O)CC1OC2C(C)c2cc(O)c(O)cc21.COc1cc2c(c(C)c1O)CC1OC2C(C)c2cc(O)c(O)cc21.COc1cc2c(cc1O)CC1OC2Cc2c1cc(OC)c(O)c2C. The summed E-state index contributed by atoms with van der Waals surface area (Å²) in [6.07, 6.45) is 1.83. The summed E-state index contributed by atoms with van der Waals surface area (Å²) in [5, 5.41) is 111. The maximum Gasteiger partial charge on any atom is 0.161 e. The summed E-state index contributed by atoms with van der Waals surface area (Å²) < 4.78 is 51.4. The molecule has 8 aliphatic rings. The number of fused-ring (bicyclic) bond motifs is 24. The lowest BCUT2D eigenvalue weighted by Crippen LogP contribution is -2.30. The van der Waals surface area contributed by atoms with Gasteiger partial charge in [0.2, 0.25) is 0 Å². The summed E-state index contributed by atoms with van der Waals surface area (Å²) in [6.45, 7) is 13.7. The van der Waals surface area contributed by atoms with Gasteiger partial charge in [0.15, 0.2) is 92.0 Å². The largest absolute Gasteiger partial charge is 0.504 e. The van der Waals surface area contributed by atoms with Gasteiger partial charge in [0.1, 0.15) is 0 Å². The van der Waals surface area contributed by atoms with Crippen molar-refractivity contribution in [1.29, 1.82) is 0 Å². The minimum Gasteiger partial charge on any atom is -0.504 e. The lowest BCUT2D eigenvalue weighted by Gasteiger charge is -2.42. The average molecular weight is 1310 g/mol. The quantitative estimate of drug-likeness (QED) is 0.0714. The van der Waals surface area contributed by atoms with Crippen LogP contribution < -0.4 is 23.7 Å². The standard InChI is InChI=1S/4C19H20O5/c1-9-11-6-16-12-7-17(22-2)14(20)4-10(12)5-15(24-16)13(11)8-18(23-3)19(9)21;3*1-8-11-6-16-12-5-15(21)14(20)4-10(12)9(2)19(24-16)13(11)7-17(23-3)18(8)22/h4,7-8,15-16,20-21H,5-6H2,1-3H3;3*4-5,7,9,16,19-22H,6H2,1-3H3. The van der Waals surface area contributed by atoms with E-state index in [1.807, 2.05) is 78.8 Å². The molecule has 20 nitrogen and oxygen atoms in total. The fourth-order valence-corrected chi connectivity index (χ4v) is 15.9. The first-order chi connectivity index (χ1) is 45.8. The van der Waals surface area contributed by atoms with Gasteiger partial charge in [0.25, 0.3) is 0 Å². The molecule has 0 saturated heterocycles. The minimum absolute atomic E-state index is 0.00967. The van der Waals surface area contributed by atoms with Crippen LogP contribution >= 0.6 is 0 Å².